The molecule has 1 aliphatic rings. The molecule has 1 aliphatic heterocycles. The predicted molar refractivity (Wildman–Crippen MR) is 84.3 cm³/mol. The van der Waals surface area contributed by atoms with E-state index < -0.39 is 0 Å². The first-order valence-corrected chi connectivity index (χ1v) is 7.29. The summed E-state index contributed by atoms with van der Waals surface area (Å²) in [7, 11) is 0. The van der Waals surface area contributed by atoms with Gasteiger partial charge >= 0.3 is 0 Å². The molecule has 2 N–H and O–H groups in total. The van der Waals surface area contributed by atoms with Gasteiger partial charge in [-0.15, -0.1) is 0 Å². The number of nitrogens with two attached hydrogens (primary N) is 1. The van der Waals surface area contributed by atoms with Gasteiger partial charge in [0.05, 0.1) is 5.52 Å². The first-order valence-electron chi connectivity index (χ1n) is 7.29. The van der Waals surface area contributed by atoms with Crippen LogP contribution in [0.1, 0.15) is 5.56 Å². The zero-order valence-corrected chi connectivity index (χ0v) is 11.9. The second kappa shape index (κ2) is 5.07. The second-order valence-electron chi connectivity index (χ2n) is 5.54. The maximum Gasteiger partial charge on any atom is 0.131 e. The molecular formula is C18H15FN2O. The summed E-state index contributed by atoms with van der Waals surface area (Å²) in [6.45, 7) is 0.422. The average molecular weight is 294 g/mol. The van der Waals surface area contributed by atoms with Crippen LogP contribution in [0, 0.1) is 5.82 Å². The van der Waals surface area contributed by atoms with Gasteiger partial charge < -0.3 is 10.5 Å². The van der Waals surface area contributed by atoms with Crippen LogP contribution >= 0.6 is 0 Å². The van der Waals surface area contributed by atoms with E-state index in [1.807, 2.05) is 30.3 Å². The Labute approximate surface area is 127 Å². The normalized spacial score (nSPS) is 16.5. The molecule has 3 nitrogen and oxygen atoms in total. The van der Waals surface area contributed by atoms with Crippen molar-refractivity contribution in [2.75, 3.05) is 6.54 Å². The summed E-state index contributed by atoms with van der Waals surface area (Å²) in [5.74, 6) is 0.470. The molecule has 0 amide bonds. The lowest BCUT2D eigenvalue weighted by molar-refractivity contribution is 0.242. The second-order valence-corrected chi connectivity index (χ2v) is 5.54. The number of ether oxygens (including phenoxy) is 1. The standard InChI is InChI=1S/C18H15FN2O/c19-14-6-12-7-15(9-20)22-18(12)16(8-14)13-5-11-3-1-2-4-17(11)21-10-13/h1-6,8,10,15H,7,9,20H2/t15-/m1/s1. The molecule has 1 aromatic heterocycles. The van der Waals surface area contributed by atoms with Crippen molar-refractivity contribution in [2.45, 2.75) is 12.5 Å². The van der Waals surface area contributed by atoms with Crippen LogP contribution in [0.25, 0.3) is 22.0 Å². The van der Waals surface area contributed by atoms with Gasteiger partial charge in [0.2, 0.25) is 0 Å². The van der Waals surface area contributed by atoms with Crippen LogP contribution in [-0.4, -0.2) is 17.6 Å². The SMILES string of the molecule is NC[C@H]1Cc2cc(F)cc(-c3cnc4ccccc4c3)c2O1. The average Bonchev–Trinajstić information content (AvgIpc) is 2.96. The monoisotopic (exact) mass is 294 g/mol. The van der Waals surface area contributed by atoms with Gasteiger partial charge in [0.15, 0.2) is 0 Å². The third-order valence-electron chi connectivity index (χ3n) is 4.03. The summed E-state index contributed by atoms with van der Waals surface area (Å²) in [5.41, 5.74) is 9.07. The van der Waals surface area contributed by atoms with Crippen molar-refractivity contribution in [3.8, 4) is 16.9 Å². The minimum absolute atomic E-state index is 0.0797. The third kappa shape index (κ3) is 2.12. The van der Waals surface area contributed by atoms with Crippen LogP contribution in [0.2, 0.25) is 0 Å². The van der Waals surface area contributed by atoms with Crippen LogP contribution in [0.5, 0.6) is 5.75 Å². The number of halogens is 1. The van der Waals surface area contributed by atoms with Gasteiger partial charge in [0.1, 0.15) is 17.7 Å². The summed E-state index contributed by atoms with van der Waals surface area (Å²) in [5, 5.41) is 1.02. The molecule has 0 unspecified atom stereocenters. The summed E-state index contributed by atoms with van der Waals surface area (Å²) in [6, 6.07) is 12.9. The highest BCUT2D eigenvalue weighted by Crippen LogP contribution is 2.39. The van der Waals surface area contributed by atoms with Crippen molar-refractivity contribution in [1.29, 1.82) is 0 Å². The number of nitrogens with zero attached hydrogens (tertiary/aromatic N) is 1. The fourth-order valence-corrected chi connectivity index (χ4v) is 2.96. The van der Waals surface area contributed by atoms with E-state index in [4.69, 9.17) is 10.5 Å². The smallest absolute Gasteiger partial charge is 0.131 e. The lowest BCUT2D eigenvalue weighted by Gasteiger charge is -2.11. The Hall–Kier alpha value is -2.46. The van der Waals surface area contributed by atoms with E-state index in [2.05, 4.69) is 4.98 Å². The molecule has 1 atom stereocenters. The Kier molecular flexibility index (Phi) is 3.05. The highest BCUT2D eigenvalue weighted by molar-refractivity contribution is 5.85. The number of para-hydroxylation sites is 1. The maximum absolute atomic E-state index is 13.9. The molecule has 3 aromatic rings. The van der Waals surface area contributed by atoms with Crippen LogP contribution < -0.4 is 10.5 Å². The summed E-state index contributed by atoms with van der Waals surface area (Å²) in [4.78, 5) is 4.45. The highest BCUT2D eigenvalue weighted by atomic mass is 19.1. The van der Waals surface area contributed by atoms with Crippen molar-refractivity contribution < 1.29 is 9.13 Å². The van der Waals surface area contributed by atoms with Crippen molar-refractivity contribution in [1.82, 2.24) is 4.98 Å². The van der Waals surface area contributed by atoms with Gasteiger partial charge in [-0.25, -0.2) is 4.39 Å². The minimum atomic E-state index is -0.261. The van der Waals surface area contributed by atoms with E-state index in [1.54, 1.807) is 6.20 Å². The van der Waals surface area contributed by atoms with Gasteiger partial charge in [-0.3, -0.25) is 4.98 Å². The quantitative estimate of drug-likeness (QED) is 0.789. The van der Waals surface area contributed by atoms with Gasteiger partial charge in [0, 0.05) is 41.2 Å². The number of benzene rings is 2. The van der Waals surface area contributed by atoms with Crippen LogP contribution in [-0.2, 0) is 6.42 Å². The Balaban J connectivity index is 1.88. The van der Waals surface area contributed by atoms with Gasteiger partial charge in [-0.05, 0) is 24.3 Å². The molecule has 0 saturated heterocycles. The van der Waals surface area contributed by atoms with Crippen molar-refractivity contribution in [2.24, 2.45) is 5.73 Å². The van der Waals surface area contributed by atoms with Gasteiger partial charge in [-0.2, -0.15) is 0 Å². The number of pyridine rings is 1. The van der Waals surface area contributed by atoms with E-state index in [9.17, 15) is 4.39 Å². The fourth-order valence-electron chi connectivity index (χ4n) is 2.96. The molecule has 0 fully saturated rings. The molecule has 22 heavy (non-hydrogen) atoms. The Morgan fingerprint density at radius 2 is 2.09 bits per heavy atom. The third-order valence-corrected chi connectivity index (χ3v) is 4.03. The largest absolute Gasteiger partial charge is 0.488 e. The first-order chi connectivity index (χ1) is 10.7. The zero-order valence-electron chi connectivity index (χ0n) is 11.9. The van der Waals surface area contributed by atoms with Gasteiger partial charge in [0.25, 0.3) is 0 Å². The van der Waals surface area contributed by atoms with E-state index in [1.165, 1.54) is 12.1 Å². The molecule has 0 radical (unpaired) electrons. The van der Waals surface area contributed by atoms with E-state index >= 15 is 0 Å². The summed E-state index contributed by atoms with van der Waals surface area (Å²) in [6.07, 6.45) is 2.33. The van der Waals surface area contributed by atoms with E-state index in [0.29, 0.717) is 13.0 Å². The molecule has 110 valence electrons. The summed E-state index contributed by atoms with van der Waals surface area (Å²) < 4.78 is 19.8. The molecule has 4 rings (SSSR count). The lowest BCUT2D eigenvalue weighted by atomic mass is 10.0. The molecular weight excluding hydrogens is 279 g/mol. The number of hydrogen-bond acceptors (Lipinski definition) is 3. The molecule has 0 bridgehead atoms. The Morgan fingerprint density at radius 1 is 1.23 bits per heavy atom. The molecule has 2 heterocycles. The number of fused-ring (bicyclic) bond motifs is 2. The van der Waals surface area contributed by atoms with E-state index in [0.717, 1.165) is 33.3 Å². The van der Waals surface area contributed by atoms with Crippen molar-refractivity contribution in [3.05, 3.63) is 60.0 Å². The highest BCUT2D eigenvalue weighted by Gasteiger charge is 2.26. The maximum atomic E-state index is 13.9. The molecule has 0 saturated carbocycles. The molecule has 0 aliphatic carbocycles. The van der Waals surface area contributed by atoms with Crippen LogP contribution in [0.4, 0.5) is 4.39 Å². The number of hydrogen-bond donors (Lipinski definition) is 1. The summed E-state index contributed by atoms with van der Waals surface area (Å²) >= 11 is 0. The number of rotatable bonds is 2. The van der Waals surface area contributed by atoms with Gasteiger partial charge in [-0.1, -0.05) is 18.2 Å². The molecule has 4 heteroatoms. The first kappa shape index (κ1) is 13.2. The Bertz CT molecular complexity index is 863. The van der Waals surface area contributed by atoms with Crippen molar-refractivity contribution >= 4 is 10.9 Å². The Morgan fingerprint density at radius 3 is 2.95 bits per heavy atom. The zero-order chi connectivity index (χ0) is 15.1. The van der Waals surface area contributed by atoms with Crippen LogP contribution in [0.3, 0.4) is 0 Å². The molecule has 2 aromatic carbocycles. The van der Waals surface area contributed by atoms with Crippen molar-refractivity contribution in [3.63, 3.8) is 0 Å². The topological polar surface area (TPSA) is 48.1 Å². The van der Waals surface area contributed by atoms with Crippen LogP contribution in [0.15, 0.2) is 48.7 Å². The fraction of sp³-hybridized carbons (Fsp3) is 0.167. The minimum Gasteiger partial charge on any atom is -0.488 e. The van der Waals surface area contributed by atoms with E-state index in [-0.39, 0.29) is 11.9 Å². The predicted octanol–water partition coefficient (Wildman–Crippen LogP) is 3.30. The lowest BCUT2D eigenvalue weighted by Crippen LogP contribution is -2.24. The number of aromatic nitrogens is 1. The molecule has 0 spiro atoms.